The lowest BCUT2D eigenvalue weighted by Gasteiger charge is -2.25. The largest absolute Gasteiger partial charge is 0.393 e. The van der Waals surface area contributed by atoms with E-state index in [1.165, 1.54) is 19.3 Å². The van der Waals surface area contributed by atoms with E-state index in [1.807, 2.05) is 0 Å². The van der Waals surface area contributed by atoms with Gasteiger partial charge in [-0.15, -0.1) is 0 Å². The van der Waals surface area contributed by atoms with E-state index in [1.54, 1.807) is 0 Å². The van der Waals surface area contributed by atoms with Gasteiger partial charge in [-0.1, -0.05) is 26.7 Å². The Morgan fingerprint density at radius 2 is 2.09 bits per heavy atom. The minimum absolute atomic E-state index is 0.0923. The lowest BCUT2D eigenvalue weighted by molar-refractivity contribution is 0.0959. The quantitative estimate of drug-likeness (QED) is 0.569. The van der Waals surface area contributed by atoms with Crippen molar-refractivity contribution in [3.63, 3.8) is 0 Å². The van der Waals surface area contributed by atoms with E-state index in [4.69, 9.17) is 0 Å². The van der Waals surface area contributed by atoms with Gasteiger partial charge >= 0.3 is 0 Å². The van der Waals surface area contributed by atoms with Crippen molar-refractivity contribution >= 4 is 0 Å². The average Bonchev–Trinajstić information content (AvgIpc) is 1.95. The lowest BCUT2D eigenvalue weighted by atomic mass is 9.85. The van der Waals surface area contributed by atoms with Crippen LogP contribution in [-0.4, -0.2) is 11.2 Å². The minimum Gasteiger partial charge on any atom is -0.393 e. The van der Waals surface area contributed by atoms with E-state index in [-0.39, 0.29) is 6.10 Å². The number of hydrogen-bond acceptors (Lipinski definition) is 1. The summed E-state index contributed by atoms with van der Waals surface area (Å²) in [5.74, 6) is 1.11. The highest BCUT2D eigenvalue weighted by molar-refractivity contribution is 4.82. The third kappa shape index (κ3) is 2.82. The summed E-state index contributed by atoms with van der Waals surface area (Å²) in [4.78, 5) is 0. The normalized spacial score (nSPS) is 41.2. The number of aliphatic hydroxyl groups is 1. The fraction of sp³-hybridized carbons (Fsp3) is 0.900. The highest BCUT2D eigenvalue weighted by Gasteiger charge is 2.19. The minimum atomic E-state index is -0.0923. The Morgan fingerprint density at radius 1 is 1.36 bits per heavy atom. The molecule has 65 valence electrons. The molecular weight excluding hydrogens is 136 g/mol. The second-order valence-electron chi connectivity index (χ2n) is 3.93. The Balaban J connectivity index is 2.38. The van der Waals surface area contributed by atoms with E-state index >= 15 is 0 Å². The molecule has 3 atom stereocenters. The molecule has 1 rings (SSSR count). The number of rotatable bonds is 0. The Bertz CT molecular complexity index is 111. The fourth-order valence-electron chi connectivity index (χ4n) is 1.75. The molecule has 1 radical (unpaired) electrons. The molecule has 1 N–H and O–H groups in total. The van der Waals surface area contributed by atoms with Crippen molar-refractivity contribution in [2.45, 2.75) is 45.6 Å². The van der Waals surface area contributed by atoms with Gasteiger partial charge in [0.2, 0.25) is 0 Å². The molecule has 0 amide bonds. The van der Waals surface area contributed by atoms with Crippen molar-refractivity contribution in [2.75, 3.05) is 0 Å². The Morgan fingerprint density at radius 3 is 2.82 bits per heavy atom. The smallest absolute Gasteiger partial charge is 0.0571 e. The monoisotopic (exact) mass is 155 g/mol. The molecule has 0 spiro atoms. The van der Waals surface area contributed by atoms with Gasteiger partial charge < -0.3 is 5.11 Å². The first-order valence-electron chi connectivity index (χ1n) is 4.71. The molecule has 3 unspecified atom stereocenters. The molecule has 1 heteroatoms. The summed E-state index contributed by atoms with van der Waals surface area (Å²) >= 11 is 0. The Kier molecular flexibility index (Phi) is 3.38. The molecule has 1 aliphatic rings. The predicted molar refractivity (Wildman–Crippen MR) is 47.1 cm³/mol. The molecule has 1 nitrogen and oxygen atoms in total. The molecule has 1 saturated carbocycles. The predicted octanol–water partition coefficient (Wildman–Crippen LogP) is 2.40. The first kappa shape index (κ1) is 9.05. The van der Waals surface area contributed by atoms with Crippen molar-refractivity contribution < 1.29 is 5.11 Å². The van der Waals surface area contributed by atoms with Crippen LogP contribution >= 0.6 is 0 Å². The SMILES string of the molecule is CC1CCC[CH]C(C)C(O)C1. The first-order chi connectivity index (χ1) is 5.20. The molecule has 0 bridgehead atoms. The maximum atomic E-state index is 9.62. The van der Waals surface area contributed by atoms with Crippen LogP contribution in [0.25, 0.3) is 0 Å². The zero-order chi connectivity index (χ0) is 8.27. The van der Waals surface area contributed by atoms with Gasteiger partial charge in [0.05, 0.1) is 6.10 Å². The van der Waals surface area contributed by atoms with E-state index in [0.29, 0.717) is 11.8 Å². The fourth-order valence-corrected chi connectivity index (χ4v) is 1.75. The highest BCUT2D eigenvalue weighted by atomic mass is 16.3. The summed E-state index contributed by atoms with van der Waals surface area (Å²) in [7, 11) is 0. The molecule has 0 aromatic rings. The van der Waals surface area contributed by atoms with Crippen molar-refractivity contribution in [1.82, 2.24) is 0 Å². The summed E-state index contributed by atoms with van der Waals surface area (Å²) in [6.07, 6.45) is 6.92. The van der Waals surface area contributed by atoms with Crippen molar-refractivity contribution in [2.24, 2.45) is 11.8 Å². The van der Waals surface area contributed by atoms with Crippen LogP contribution in [0.2, 0.25) is 0 Å². The van der Waals surface area contributed by atoms with Crippen molar-refractivity contribution in [1.29, 1.82) is 0 Å². The van der Waals surface area contributed by atoms with E-state index in [9.17, 15) is 5.11 Å². The Labute approximate surface area is 69.8 Å². The molecule has 1 aliphatic carbocycles. The summed E-state index contributed by atoms with van der Waals surface area (Å²) < 4.78 is 0. The first-order valence-corrected chi connectivity index (χ1v) is 4.71. The van der Waals surface area contributed by atoms with E-state index < -0.39 is 0 Å². The summed E-state index contributed by atoms with van der Waals surface area (Å²) in [5, 5.41) is 9.62. The van der Waals surface area contributed by atoms with E-state index in [2.05, 4.69) is 20.3 Å². The third-order valence-corrected chi connectivity index (χ3v) is 2.69. The van der Waals surface area contributed by atoms with Crippen LogP contribution in [-0.2, 0) is 0 Å². The van der Waals surface area contributed by atoms with Gasteiger partial charge in [-0.3, -0.25) is 0 Å². The van der Waals surface area contributed by atoms with Crippen LogP contribution in [0.4, 0.5) is 0 Å². The van der Waals surface area contributed by atoms with Crippen LogP contribution in [0.3, 0.4) is 0 Å². The zero-order valence-corrected chi connectivity index (χ0v) is 7.59. The highest BCUT2D eigenvalue weighted by Crippen LogP contribution is 2.24. The van der Waals surface area contributed by atoms with Crippen LogP contribution < -0.4 is 0 Å². The molecule has 0 saturated heterocycles. The third-order valence-electron chi connectivity index (χ3n) is 2.69. The second kappa shape index (κ2) is 4.10. The van der Waals surface area contributed by atoms with Gasteiger partial charge in [0.25, 0.3) is 0 Å². The summed E-state index contributed by atoms with van der Waals surface area (Å²) in [6, 6.07) is 0. The molecule has 11 heavy (non-hydrogen) atoms. The average molecular weight is 155 g/mol. The number of aliphatic hydroxyl groups excluding tert-OH is 1. The summed E-state index contributed by atoms with van der Waals surface area (Å²) in [5.41, 5.74) is 0. The van der Waals surface area contributed by atoms with Gasteiger partial charge in [-0.25, -0.2) is 0 Å². The topological polar surface area (TPSA) is 20.2 Å². The molecular formula is C10H19O. The van der Waals surface area contributed by atoms with E-state index in [0.717, 1.165) is 6.42 Å². The second-order valence-corrected chi connectivity index (χ2v) is 3.93. The lowest BCUT2D eigenvalue weighted by Crippen LogP contribution is -2.22. The zero-order valence-electron chi connectivity index (χ0n) is 7.59. The number of hydrogen-bond donors (Lipinski definition) is 1. The molecule has 0 aromatic heterocycles. The van der Waals surface area contributed by atoms with Gasteiger partial charge in [-0.05, 0) is 31.1 Å². The van der Waals surface area contributed by atoms with Crippen LogP contribution in [0, 0.1) is 18.3 Å². The molecule has 0 aliphatic heterocycles. The van der Waals surface area contributed by atoms with Gasteiger partial charge in [0, 0.05) is 0 Å². The summed E-state index contributed by atoms with van der Waals surface area (Å²) in [6.45, 7) is 4.35. The maximum absolute atomic E-state index is 9.62. The van der Waals surface area contributed by atoms with Crippen molar-refractivity contribution in [3.8, 4) is 0 Å². The van der Waals surface area contributed by atoms with Gasteiger partial charge in [0.1, 0.15) is 0 Å². The maximum Gasteiger partial charge on any atom is 0.0571 e. The van der Waals surface area contributed by atoms with Crippen LogP contribution in [0.5, 0.6) is 0 Å². The molecule has 0 aromatic carbocycles. The standard InChI is InChI=1S/C10H19O/c1-8-5-3-4-6-9(2)10(11)7-8/h6,8-11H,3-5,7H2,1-2H3. The van der Waals surface area contributed by atoms with Crippen LogP contribution in [0.15, 0.2) is 0 Å². The van der Waals surface area contributed by atoms with Gasteiger partial charge in [0.15, 0.2) is 0 Å². The van der Waals surface area contributed by atoms with Crippen LogP contribution in [0.1, 0.15) is 39.5 Å². The van der Waals surface area contributed by atoms with Gasteiger partial charge in [-0.2, -0.15) is 0 Å². The Hall–Kier alpha value is -0.0400. The molecule has 1 fully saturated rings. The van der Waals surface area contributed by atoms with Crippen molar-refractivity contribution in [3.05, 3.63) is 6.42 Å². The molecule has 0 heterocycles.